The number of Topliss-reactive ketones (excluding diaryl/α,β-unsaturated/α-hetero) is 1. The van der Waals surface area contributed by atoms with Gasteiger partial charge < -0.3 is 29.1 Å². The molecule has 1 heterocycles. The summed E-state index contributed by atoms with van der Waals surface area (Å²) < 4.78 is 31.2. The Hall–Kier alpha value is -3.59. The Morgan fingerprint density at radius 3 is 2.32 bits per heavy atom. The average molecular weight is 529 g/mol. The molecule has 1 atom stereocenters. The van der Waals surface area contributed by atoms with Crippen LogP contribution in [0.1, 0.15) is 51.3 Å². The molecule has 0 aliphatic carbocycles. The summed E-state index contributed by atoms with van der Waals surface area (Å²) in [4.78, 5) is 30.3. The van der Waals surface area contributed by atoms with E-state index in [1.54, 1.807) is 32.0 Å². The Bertz CT molecular complexity index is 1190. The third kappa shape index (κ3) is 6.10. The number of rotatable bonds is 12. The van der Waals surface area contributed by atoms with Crippen molar-refractivity contribution in [1.29, 1.82) is 0 Å². The van der Waals surface area contributed by atoms with Crippen LogP contribution in [0, 0.1) is 5.82 Å². The van der Waals surface area contributed by atoms with Crippen LogP contribution in [0.4, 0.5) is 4.39 Å². The standard InChI is InChI=1S/C29H37FN2O6/c1-7-31(8-2)14-9-15-32-26(21-17-20(36-5)11-13-23(21)37-6)25(28(34)29(32)35)27(33)19-10-12-24(22(30)16-19)38-18(3)4/h10-13,16-18,26,33H,7-9,14-15H2,1-6H3/t26-/m1/s1. The fourth-order valence-electron chi connectivity index (χ4n) is 4.64. The van der Waals surface area contributed by atoms with Crippen LogP contribution in [0.3, 0.4) is 0 Å². The number of carbonyl (C=O) groups excluding carboxylic acids is 2. The number of hydrogen-bond donors (Lipinski definition) is 1. The Morgan fingerprint density at radius 2 is 1.74 bits per heavy atom. The number of likely N-dealkylation sites (tertiary alicyclic amines) is 1. The molecular formula is C29H37FN2O6. The van der Waals surface area contributed by atoms with E-state index in [0.29, 0.717) is 23.5 Å². The van der Waals surface area contributed by atoms with Crippen molar-refractivity contribution in [2.24, 2.45) is 0 Å². The van der Waals surface area contributed by atoms with Gasteiger partial charge in [0.25, 0.3) is 11.7 Å². The van der Waals surface area contributed by atoms with Gasteiger partial charge in [-0.2, -0.15) is 0 Å². The predicted molar refractivity (Wildman–Crippen MR) is 143 cm³/mol. The molecule has 1 aliphatic heterocycles. The molecule has 0 unspecified atom stereocenters. The molecule has 206 valence electrons. The van der Waals surface area contributed by atoms with Gasteiger partial charge in [-0.3, -0.25) is 9.59 Å². The smallest absolute Gasteiger partial charge is 0.295 e. The van der Waals surface area contributed by atoms with Crippen molar-refractivity contribution in [3.8, 4) is 17.2 Å². The molecule has 0 aromatic heterocycles. The van der Waals surface area contributed by atoms with Crippen molar-refractivity contribution in [3.63, 3.8) is 0 Å². The molecule has 1 aliphatic rings. The first-order valence-electron chi connectivity index (χ1n) is 12.9. The van der Waals surface area contributed by atoms with Crippen LogP contribution in [0.25, 0.3) is 5.76 Å². The summed E-state index contributed by atoms with van der Waals surface area (Å²) in [5.74, 6) is -1.80. The van der Waals surface area contributed by atoms with Crippen molar-refractivity contribution in [3.05, 3.63) is 58.9 Å². The van der Waals surface area contributed by atoms with Gasteiger partial charge in [-0.15, -0.1) is 0 Å². The molecule has 38 heavy (non-hydrogen) atoms. The van der Waals surface area contributed by atoms with Crippen LogP contribution in [-0.4, -0.2) is 73.1 Å². The van der Waals surface area contributed by atoms with E-state index in [4.69, 9.17) is 14.2 Å². The minimum Gasteiger partial charge on any atom is -0.507 e. The monoisotopic (exact) mass is 528 g/mol. The van der Waals surface area contributed by atoms with Crippen molar-refractivity contribution in [2.45, 2.75) is 46.3 Å². The zero-order valence-electron chi connectivity index (χ0n) is 22.9. The van der Waals surface area contributed by atoms with Crippen LogP contribution in [-0.2, 0) is 9.59 Å². The van der Waals surface area contributed by atoms with E-state index in [9.17, 15) is 19.1 Å². The van der Waals surface area contributed by atoms with Crippen LogP contribution in [0.2, 0.25) is 0 Å². The van der Waals surface area contributed by atoms with Gasteiger partial charge in [-0.25, -0.2) is 4.39 Å². The van der Waals surface area contributed by atoms with Crippen LogP contribution in [0.15, 0.2) is 42.0 Å². The number of amides is 1. The molecule has 0 spiro atoms. The van der Waals surface area contributed by atoms with E-state index >= 15 is 0 Å². The SMILES string of the molecule is CCN(CC)CCCN1C(=O)C(=O)C(=C(O)c2ccc(OC(C)C)c(F)c2)[C@H]1c1cc(OC)ccc1OC. The molecule has 2 aromatic rings. The third-order valence-corrected chi connectivity index (χ3v) is 6.61. The number of aliphatic hydroxyl groups excluding tert-OH is 1. The van der Waals surface area contributed by atoms with Gasteiger partial charge in [0.05, 0.1) is 31.9 Å². The van der Waals surface area contributed by atoms with Gasteiger partial charge in [-0.1, -0.05) is 13.8 Å². The van der Waals surface area contributed by atoms with Gasteiger partial charge >= 0.3 is 0 Å². The topological polar surface area (TPSA) is 88.5 Å². The highest BCUT2D eigenvalue weighted by Crippen LogP contribution is 2.44. The molecule has 2 aromatic carbocycles. The molecule has 8 nitrogen and oxygen atoms in total. The van der Waals surface area contributed by atoms with E-state index in [-0.39, 0.29) is 29.5 Å². The zero-order valence-corrected chi connectivity index (χ0v) is 22.9. The predicted octanol–water partition coefficient (Wildman–Crippen LogP) is 4.78. The second-order valence-electron chi connectivity index (χ2n) is 9.29. The first kappa shape index (κ1) is 29.0. The Balaban J connectivity index is 2.14. The Morgan fingerprint density at radius 1 is 1.05 bits per heavy atom. The highest BCUT2D eigenvalue weighted by Gasteiger charge is 2.47. The Kier molecular flexibility index (Phi) is 9.74. The number of nitrogens with zero attached hydrogens (tertiary/aromatic N) is 2. The van der Waals surface area contributed by atoms with Gasteiger partial charge in [0.2, 0.25) is 0 Å². The fraction of sp³-hybridized carbons (Fsp3) is 0.448. The number of ketones is 1. The summed E-state index contributed by atoms with van der Waals surface area (Å²) >= 11 is 0. The number of benzene rings is 2. The molecule has 1 N–H and O–H groups in total. The van der Waals surface area contributed by atoms with Gasteiger partial charge in [0.1, 0.15) is 17.3 Å². The average Bonchev–Trinajstić information content (AvgIpc) is 3.16. The van der Waals surface area contributed by atoms with Crippen molar-refractivity contribution >= 4 is 17.4 Å². The first-order chi connectivity index (χ1) is 18.2. The number of halogens is 1. The van der Waals surface area contributed by atoms with Gasteiger partial charge in [0.15, 0.2) is 11.6 Å². The molecule has 3 rings (SSSR count). The normalized spacial score (nSPS) is 17.0. The molecular weight excluding hydrogens is 491 g/mol. The maximum atomic E-state index is 14.8. The third-order valence-electron chi connectivity index (χ3n) is 6.61. The maximum Gasteiger partial charge on any atom is 0.295 e. The summed E-state index contributed by atoms with van der Waals surface area (Å²) in [5, 5.41) is 11.3. The zero-order chi connectivity index (χ0) is 28.0. The molecule has 1 saturated heterocycles. The van der Waals surface area contributed by atoms with Crippen LogP contribution >= 0.6 is 0 Å². The van der Waals surface area contributed by atoms with Crippen LogP contribution in [0.5, 0.6) is 17.2 Å². The summed E-state index contributed by atoms with van der Waals surface area (Å²) in [7, 11) is 3.00. The molecule has 0 saturated carbocycles. The van der Waals surface area contributed by atoms with E-state index in [1.165, 1.54) is 31.3 Å². The number of aliphatic hydroxyl groups is 1. The molecule has 0 radical (unpaired) electrons. The molecule has 1 amide bonds. The summed E-state index contributed by atoms with van der Waals surface area (Å²) in [6, 6.07) is 8.07. The molecule has 9 heteroatoms. The first-order valence-corrected chi connectivity index (χ1v) is 12.9. The van der Waals surface area contributed by atoms with Crippen molar-refractivity contribution in [2.75, 3.05) is 40.4 Å². The minimum atomic E-state index is -0.952. The van der Waals surface area contributed by atoms with E-state index in [1.807, 2.05) is 0 Å². The van der Waals surface area contributed by atoms with E-state index in [0.717, 1.165) is 25.7 Å². The number of ether oxygens (including phenoxy) is 3. The lowest BCUT2D eigenvalue weighted by Crippen LogP contribution is -2.33. The highest BCUT2D eigenvalue weighted by molar-refractivity contribution is 6.46. The summed E-state index contributed by atoms with van der Waals surface area (Å²) in [5.41, 5.74) is 0.406. The van der Waals surface area contributed by atoms with E-state index < -0.39 is 29.3 Å². The van der Waals surface area contributed by atoms with Crippen LogP contribution < -0.4 is 14.2 Å². The van der Waals surface area contributed by atoms with E-state index in [2.05, 4.69) is 18.7 Å². The summed E-state index contributed by atoms with van der Waals surface area (Å²) in [6.45, 7) is 10.4. The molecule has 0 bridgehead atoms. The fourth-order valence-corrected chi connectivity index (χ4v) is 4.64. The van der Waals surface area contributed by atoms with Crippen molar-refractivity contribution in [1.82, 2.24) is 9.80 Å². The molecule has 1 fully saturated rings. The number of carbonyl (C=O) groups is 2. The lowest BCUT2D eigenvalue weighted by Gasteiger charge is -2.28. The maximum absolute atomic E-state index is 14.8. The second kappa shape index (κ2) is 12.8. The quantitative estimate of drug-likeness (QED) is 0.241. The lowest BCUT2D eigenvalue weighted by atomic mass is 9.94. The number of hydrogen-bond acceptors (Lipinski definition) is 7. The number of methoxy groups -OCH3 is 2. The summed E-state index contributed by atoms with van der Waals surface area (Å²) in [6.07, 6.45) is 0.374. The van der Waals surface area contributed by atoms with Crippen molar-refractivity contribution < 1.29 is 33.3 Å². The highest BCUT2D eigenvalue weighted by atomic mass is 19.1. The second-order valence-corrected chi connectivity index (χ2v) is 9.29. The minimum absolute atomic E-state index is 0.0272. The Labute approximate surface area is 223 Å². The lowest BCUT2D eigenvalue weighted by molar-refractivity contribution is -0.140. The largest absolute Gasteiger partial charge is 0.507 e. The van der Waals surface area contributed by atoms with Gasteiger partial charge in [-0.05, 0) is 76.3 Å². The van der Waals surface area contributed by atoms with Gasteiger partial charge in [0, 0.05) is 17.7 Å².